The zero-order valence-electron chi connectivity index (χ0n) is 18.3. The fraction of sp³-hybridized carbons (Fsp3) is 0.480. The zero-order valence-corrected chi connectivity index (χ0v) is 18.3. The first-order valence-electron chi connectivity index (χ1n) is 10.5. The predicted octanol–water partition coefficient (Wildman–Crippen LogP) is 5.05. The van der Waals surface area contributed by atoms with Crippen LogP contribution in [0.25, 0.3) is 0 Å². The van der Waals surface area contributed by atoms with Gasteiger partial charge >= 0.3 is 0 Å². The van der Waals surface area contributed by atoms with Crippen LogP contribution in [0.2, 0.25) is 0 Å². The lowest BCUT2D eigenvalue weighted by atomic mass is 9.65. The Kier molecular flexibility index (Phi) is 4.75. The lowest BCUT2D eigenvalue weighted by Crippen LogP contribution is -2.37. The quantitative estimate of drug-likeness (QED) is 0.745. The zero-order chi connectivity index (χ0) is 21.8. The average molecular weight is 408 g/mol. The van der Waals surface area contributed by atoms with Crippen LogP contribution >= 0.6 is 0 Å². The maximum absolute atomic E-state index is 13.2. The first-order chi connectivity index (χ1) is 14.0. The molecule has 5 heteroatoms. The number of hydrogen-bond donors (Lipinski definition) is 1. The molecule has 1 aromatic rings. The monoisotopic (exact) mass is 407 g/mol. The molecule has 0 saturated carbocycles. The van der Waals surface area contributed by atoms with E-state index >= 15 is 0 Å². The Morgan fingerprint density at radius 1 is 0.867 bits per heavy atom. The summed E-state index contributed by atoms with van der Waals surface area (Å²) in [6, 6.07) is 7.44. The second kappa shape index (κ2) is 6.93. The summed E-state index contributed by atoms with van der Waals surface area (Å²) in [6.45, 7) is 9.78. The van der Waals surface area contributed by atoms with E-state index in [9.17, 15) is 14.4 Å². The number of carbonyl (C=O) groups excluding carboxylic acids is 3. The molecule has 2 aliphatic carbocycles. The van der Waals surface area contributed by atoms with E-state index in [-0.39, 0.29) is 28.3 Å². The Balaban J connectivity index is 1.84. The molecule has 30 heavy (non-hydrogen) atoms. The van der Waals surface area contributed by atoms with Gasteiger partial charge < -0.3 is 10.1 Å². The normalized spacial score (nSPS) is 23.0. The number of Topliss-reactive ketones (excluding diaryl/α,β-unsaturated/α-hetero) is 2. The molecule has 1 N–H and O–H groups in total. The summed E-state index contributed by atoms with van der Waals surface area (Å²) in [5, 5.41) is 2.77. The summed E-state index contributed by atoms with van der Waals surface area (Å²) in [5.41, 5.74) is 2.51. The number of rotatable bonds is 2. The maximum atomic E-state index is 13.2. The minimum absolute atomic E-state index is 0.0568. The number of ketones is 2. The molecule has 5 nitrogen and oxygen atoms in total. The van der Waals surface area contributed by atoms with Gasteiger partial charge in [0.2, 0.25) is 5.91 Å². The van der Waals surface area contributed by atoms with Crippen molar-refractivity contribution in [3.8, 4) is 0 Å². The number of anilines is 1. The van der Waals surface area contributed by atoms with Gasteiger partial charge in [0.25, 0.3) is 0 Å². The van der Waals surface area contributed by atoms with Gasteiger partial charge in [-0.1, -0.05) is 39.8 Å². The highest BCUT2D eigenvalue weighted by Gasteiger charge is 2.47. The molecule has 0 radical (unpaired) electrons. The summed E-state index contributed by atoms with van der Waals surface area (Å²) in [6.07, 6.45) is 2.25. The maximum Gasteiger partial charge on any atom is 0.221 e. The molecular formula is C25H29NO4. The molecule has 1 aromatic carbocycles. The Morgan fingerprint density at radius 2 is 1.33 bits per heavy atom. The van der Waals surface area contributed by atoms with Crippen molar-refractivity contribution >= 4 is 23.2 Å². The van der Waals surface area contributed by atoms with Crippen LogP contribution < -0.4 is 5.32 Å². The van der Waals surface area contributed by atoms with E-state index in [1.807, 2.05) is 24.3 Å². The molecule has 0 aromatic heterocycles. The Labute approximate surface area is 177 Å². The third-order valence-corrected chi connectivity index (χ3v) is 6.15. The third-order valence-electron chi connectivity index (χ3n) is 6.15. The van der Waals surface area contributed by atoms with Gasteiger partial charge in [-0.15, -0.1) is 0 Å². The van der Waals surface area contributed by atoms with Gasteiger partial charge in [-0.25, -0.2) is 0 Å². The van der Waals surface area contributed by atoms with Crippen molar-refractivity contribution in [2.75, 3.05) is 5.32 Å². The fourth-order valence-corrected chi connectivity index (χ4v) is 4.97. The lowest BCUT2D eigenvalue weighted by Gasteiger charge is -2.42. The molecule has 0 spiro atoms. The third kappa shape index (κ3) is 3.73. The van der Waals surface area contributed by atoms with Gasteiger partial charge in [0.05, 0.1) is 0 Å². The summed E-state index contributed by atoms with van der Waals surface area (Å²) in [7, 11) is 0. The molecule has 4 rings (SSSR count). The fourth-order valence-electron chi connectivity index (χ4n) is 4.97. The predicted molar refractivity (Wildman–Crippen MR) is 115 cm³/mol. The average Bonchev–Trinajstić information content (AvgIpc) is 2.58. The minimum atomic E-state index is -0.401. The highest BCUT2D eigenvalue weighted by atomic mass is 16.5. The van der Waals surface area contributed by atoms with Crippen molar-refractivity contribution in [3.63, 3.8) is 0 Å². The molecule has 0 unspecified atom stereocenters. The van der Waals surface area contributed by atoms with E-state index in [1.54, 1.807) is 0 Å². The molecule has 1 heterocycles. The van der Waals surface area contributed by atoms with Crippen molar-refractivity contribution in [1.29, 1.82) is 0 Å². The van der Waals surface area contributed by atoms with Gasteiger partial charge in [0.15, 0.2) is 11.6 Å². The van der Waals surface area contributed by atoms with Gasteiger partial charge in [0.1, 0.15) is 11.5 Å². The smallest absolute Gasteiger partial charge is 0.221 e. The molecule has 0 atom stereocenters. The van der Waals surface area contributed by atoms with Gasteiger partial charge in [0, 0.05) is 55.4 Å². The van der Waals surface area contributed by atoms with Crippen molar-refractivity contribution in [3.05, 3.63) is 52.5 Å². The van der Waals surface area contributed by atoms with Crippen molar-refractivity contribution < 1.29 is 19.1 Å². The summed E-state index contributed by atoms with van der Waals surface area (Å²) in [4.78, 5) is 37.8. The standard InChI is InChI=1S/C25H29NO4/c1-14(27)26-16-8-6-15(7-9-16)21-22-17(28)10-24(2,3)12-19(22)30-20-13-25(4,5)11-18(29)23(20)21/h6-9,21H,10-13H2,1-5H3,(H,26,27). The van der Waals surface area contributed by atoms with Gasteiger partial charge in [-0.3, -0.25) is 14.4 Å². The van der Waals surface area contributed by atoms with E-state index < -0.39 is 5.92 Å². The first kappa shape index (κ1) is 20.6. The van der Waals surface area contributed by atoms with Crippen molar-refractivity contribution in [1.82, 2.24) is 0 Å². The van der Waals surface area contributed by atoms with E-state index in [0.717, 1.165) is 17.1 Å². The van der Waals surface area contributed by atoms with Crippen LogP contribution in [0.1, 0.15) is 71.8 Å². The highest BCUT2D eigenvalue weighted by molar-refractivity contribution is 6.06. The van der Waals surface area contributed by atoms with Crippen LogP contribution in [-0.4, -0.2) is 17.5 Å². The SMILES string of the molecule is CC(=O)Nc1ccc(C2C3=C(CC(C)(C)CC3=O)OC3=C2C(=O)CC(C)(C)C3)cc1. The largest absolute Gasteiger partial charge is 0.465 e. The van der Waals surface area contributed by atoms with Gasteiger partial charge in [-0.2, -0.15) is 0 Å². The van der Waals surface area contributed by atoms with E-state index in [2.05, 4.69) is 33.0 Å². The number of allylic oxidation sites excluding steroid dienone is 4. The van der Waals surface area contributed by atoms with Crippen LogP contribution in [-0.2, 0) is 19.1 Å². The number of hydrogen-bond acceptors (Lipinski definition) is 4. The summed E-state index contributed by atoms with van der Waals surface area (Å²) < 4.78 is 6.30. The number of ether oxygens (including phenoxy) is 1. The summed E-state index contributed by atoms with van der Waals surface area (Å²) in [5.74, 6) is 1.01. The van der Waals surface area contributed by atoms with Gasteiger partial charge in [-0.05, 0) is 28.5 Å². The number of benzene rings is 1. The minimum Gasteiger partial charge on any atom is -0.465 e. The molecule has 0 saturated heterocycles. The molecular weight excluding hydrogens is 378 g/mol. The van der Waals surface area contributed by atoms with E-state index in [4.69, 9.17) is 4.74 Å². The number of amides is 1. The topological polar surface area (TPSA) is 72.5 Å². The molecule has 1 aliphatic heterocycles. The molecule has 0 fully saturated rings. The molecule has 3 aliphatic rings. The number of nitrogens with one attached hydrogen (secondary N) is 1. The molecule has 158 valence electrons. The molecule has 1 amide bonds. The Morgan fingerprint density at radius 3 is 1.77 bits per heavy atom. The lowest BCUT2D eigenvalue weighted by molar-refractivity contribution is -0.120. The Hall–Kier alpha value is -2.69. The van der Waals surface area contributed by atoms with E-state index in [1.165, 1.54) is 6.92 Å². The summed E-state index contributed by atoms with van der Waals surface area (Å²) >= 11 is 0. The van der Waals surface area contributed by atoms with Crippen LogP contribution in [0.3, 0.4) is 0 Å². The number of carbonyl (C=O) groups is 3. The second-order valence-electron chi connectivity index (χ2n) is 10.4. The molecule has 0 bridgehead atoms. The highest BCUT2D eigenvalue weighted by Crippen LogP contribution is 2.53. The first-order valence-corrected chi connectivity index (χ1v) is 10.5. The Bertz CT molecular complexity index is 956. The van der Waals surface area contributed by atoms with Crippen molar-refractivity contribution in [2.24, 2.45) is 10.8 Å². The van der Waals surface area contributed by atoms with E-state index in [0.29, 0.717) is 42.5 Å². The van der Waals surface area contributed by atoms with Crippen LogP contribution in [0.15, 0.2) is 46.9 Å². The second-order valence-corrected chi connectivity index (χ2v) is 10.4. The van der Waals surface area contributed by atoms with Crippen LogP contribution in [0.5, 0.6) is 0 Å². The van der Waals surface area contributed by atoms with Crippen molar-refractivity contribution in [2.45, 2.75) is 66.2 Å². The van der Waals surface area contributed by atoms with Crippen LogP contribution in [0, 0.1) is 10.8 Å². The van der Waals surface area contributed by atoms with Crippen LogP contribution in [0.4, 0.5) is 5.69 Å².